The van der Waals surface area contributed by atoms with Gasteiger partial charge in [0.2, 0.25) is 0 Å². The van der Waals surface area contributed by atoms with E-state index >= 15 is 0 Å². The van der Waals surface area contributed by atoms with E-state index in [1.807, 2.05) is 30.6 Å². The van der Waals surface area contributed by atoms with E-state index in [1.165, 1.54) is 17.3 Å². The quantitative estimate of drug-likeness (QED) is 0.841. The minimum Gasteiger partial charge on any atom is -0.326 e. The second kappa shape index (κ2) is 5.23. The van der Waals surface area contributed by atoms with E-state index in [0.29, 0.717) is 5.25 Å². The summed E-state index contributed by atoms with van der Waals surface area (Å²) in [6, 6.07) is 0.200. The molecule has 0 amide bonds. The van der Waals surface area contributed by atoms with Gasteiger partial charge in [-0.05, 0) is 0 Å². The molecule has 2 atom stereocenters. The van der Waals surface area contributed by atoms with Crippen molar-refractivity contribution in [2.45, 2.75) is 17.7 Å². The molecule has 1 aliphatic heterocycles. The van der Waals surface area contributed by atoms with Crippen LogP contribution in [0.15, 0.2) is 6.33 Å². The van der Waals surface area contributed by atoms with E-state index in [9.17, 15) is 0 Å². The fourth-order valence-corrected chi connectivity index (χ4v) is 4.42. The monoisotopic (exact) mass is 244 g/mol. The fraction of sp³-hybridized carbons (Fsp3) is 0.778. The van der Waals surface area contributed by atoms with Gasteiger partial charge >= 0.3 is 0 Å². The van der Waals surface area contributed by atoms with Gasteiger partial charge in [0.15, 0.2) is 0 Å². The highest BCUT2D eigenvalue weighted by molar-refractivity contribution is 8.06. The molecule has 1 aliphatic rings. The molecule has 4 nitrogen and oxygen atoms in total. The first-order chi connectivity index (χ1) is 7.27. The Morgan fingerprint density at radius 3 is 3.13 bits per heavy atom. The number of aromatic nitrogens is 3. The maximum Gasteiger partial charge on any atom is 0.138 e. The number of hydrogen-bond donors (Lipinski definition) is 1. The van der Waals surface area contributed by atoms with Crippen LogP contribution in [0.4, 0.5) is 0 Å². The van der Waals surface area contributed by atoms with Crippen LogP contribution in [-0.2, 0) is 13.5 Å². The Kier molecular flexibility index (Phi) is 3.93. The summed E-state index contributed by atoms with van der Waals surface area (Å²) in [5.41, 5.74) is 6.19. The number of hydrogen-bond acceptors (Lipinski definition) is 5. The first-order valence-corrected chi connectivity index (χ1v) is 7.25. The molecule has 0 aliphatic carbocycles. The highest BCUT2D eigenvalue weighted by Crippen LogP contribution is 2.26. The van der Waals surface area contributed by atoms with Crippen molar-refractivity contribution < 1.29 is 0 Å². The van der Waals surface area contributed by atoms with Gasteiger partial charge < -0.3 is 5.73 Å². The highest BCUT2D eigenvalue weighted by Gasteiger charge is 2.22. The van der Waals surface area contributed by atoms with Gasteiger partial charge in [0, 0.05) is 42.0 Å². The van der Waals surface area contributed by atoms with Crippen molar-refractivity contribution in [2.75, 3.05) is 17.3 Å². The van der Waals surface area contributed by atoms with Gasteiger partial charge in [0.1, 0.15) is 12.2 Å². The third kappa shape index (κ3) is 2.89. The molecule has 1 fully saturated rings. The number of thioether (sulfide) groups is 2. The molecule has 2 heterocycles. The first-order valence-electron chi connectivity index (χ1n) is 5.05. The molecule has 84 valence electrons. The lowest BCUT2D eigenvalue weighted by molar-refractivity contribution is 0.603. The SMILES string of the molecule is Cn1ncnc1CC(N)C1CSCCS1. The van der Waals surface area contributed by atoms with E-state index in [0.717, 1.165) is 12.2 Å². The van der Waals surface area contributed by atoms with Gasteiger partial charge in [-0.25, -0.2) is 4.98 Å². The van der Waals surface area contributed by atoms with Crippen LogP contribution in [0.2, 0.25) is 0 Å². The maximum atomic E-state index is 6.19. The summed E-state index contributed by atoms with van der Waals surface area (Å²) < 4.78 is 1.81. The smallest absolute Gasteiger partial charge is 0.138 e. The second-order valence-electron chi connectivity index (χ2n) is 3.65. The predicted octanol–water partition coefficient (Wildman–Crippen LogP) is 0.534. The van der Waals surface area contributed by atoms with Crippen LogP contribution < -0.4 is 5.73 Å². The predicted molar refractivity (Wildman–Crippen MR) is 66.3 cm³/mol. The third-order valence-corrected chi connectivity index (χ3v) is 5.48. The van der Waals surface area contributed by atoms with E-state index in [1.54, 1.807) is 11.0 Å². The van der Waals surface area contributed by atoms with E-state index in [2.05, 4.69) is 10.1 Å². The standard InChI is InChI=1S/C9H16N4S2/c1-13-9(11-6-12-13)4-7(10)8-5-14-2-3-15-8/h6-8H,2-5,10H2,1H3. The topological polar surface area (TPSA) is 56.7 Å². The number of rotatable bonds is 3. The molecule has 6 heteroatoms. The normalized spacial score (nSPS) is 24.0. The van der Waals surface area contributed by atoms with Crippen LogP contribution in [0.5, 0.6) is 0 Å². The summed E-state index contributed by atoms with van der Waals surface area (Å²) in [5.74, 6) is 4.64. The van der Waals surface area contributed by atoms with Gasteiger partial charge in [0.05, 0.1) is 0 Å². The van der Waals surface area contributed by atoms with Crippen molar-refractivity contribution in [1.29, 1.82) is 0 Å². The average molecular weight is 244 g/mol. The summed E-state index contributed by atoms with van der Waals surface area (Å²) >= 11 is 4.00. The zero-order chi connectivity index (χ0) is 10.7. The molecule has 2 rings (SSSR count). The summed E-state index contributed by atoms with van der Waals surface area (Å²) in [7, 11) is 1.91. The lowest BCUT2D eigenvalue weighted by Gasteiger charge is -2.26. The minimum absolute atomic E-state index is 0.200. The first kappa shape index (κ1) is 11.3. The van der Waals surface area contributed by atoms with Crippen LogP contribution in [-0.4, -0.2) is 43.3 Å². The highest BCUT2D eigenvalue weighted by atomic mass is 32.2. The van der Waals surface area contributed by atoms with Gasteiger partial charge in [-0.15, -0.1) is 0 Å². The van der Waals surface area contributed by atoms with Crippen molar-refractivity contribution in [3.05, 3.63) is 12.2 Å². The molecule has 0 radical (unpaired) electrons. The molecule has 2 N–H and O–H groups in total. The Balaban J connectivity index is 1.91. The molecular weight excluding hydrogens is 228 g/mol. The molecule has 15 heavy (non-hydrogen) atoms. The number of aryl methyl sites for hydroxylation is 1. The van der Waals surface area contributed by atoms with Crippen molar-refractivity contribution in [3.8, 4) is 0 Å². The van der Waals surface area contributed by atoms with Crippen LogP contribution in [0.3, 0.4) is 0 Å². The fourth-order valence-electron chi connectivity index (χ4n) is 1.60. The van der Waals surface area contributed by atoms with Crippen molar-refractivity contribution in [1.82, 2.24) is 14.8 Å². The average Bonchev–Trinajstić information content (AvgIpc) is 2.66. The molecule has 1 aromatic heterocycles. The third-order valence-electron chi connectivity index (χ3n) is 2.54. The Labute approximate surface area is 98.4 Å². The van der Waals surface area contributed by atoms with Gasteiger partial charge in [-0.2, -0.15) is 28.6 Å². The molecule has 0 aromatic carbocycles. The Morgan fingerprint density at radius 2 is 2.53 bits per heavy atom. The van der Waals surface area contributed by atoms with Crippen LogP contribution in [0.1, 0.15) is 5.82 Å². The van der Waals surface area contributed by atoms with Crippen molar-refractivity contribution >= 4 is 23.5 Å². The summed E-state index contributed by atoms with van der Waals surface area (Å²) in [5, 5.41) is 4.62. The number of nitrogens with two attached hydrogens (primary N) is 1. The summed E-state index contributed by atoms with van der Waals surface area (Å²) in [6.07, 6.45) is 2.42. The minimum atomic E-state index is 0.200. The Hall–Kier alpha value is -0.200. The number of nitrogens with zero attached hydrogens (tertiary/aromatic N) is 3. The Morgan fingerprint density at radius 1 is 1.67 bits per heavy atom. The van der Waals surface area contributed by atoms with Gasteiger partial charge in [-0.1, -0.05) is 0 Å². The van der Waals surface area contributed by atoms with Crippen molar-refractivity contribution in [2.24, 2.45) is 12.8 Å². The van der Waals surface area contributed by atoms with E-state index < -0.39 is 0 Å². The van der Waals surface area contributed by atoms with Crippen LogP contribution in [0.25, 0.3) is 0 Å². The molecular formula is C9H16N4S2. The lowest BCUT2D eigenvalue weighted by atomic mass is 10.1. The van der Waals surface area contributed by atoms with E-state index in [4.69, 9.17) is 5.73 Å². The largest absolute Gasteiger partial charge is 0.326 e. The van der Waals surface area contributed by atoms with E-state index in [-0.39, 0.29) is 6.04 Å². The molecule has 0 spiro atoms. The van der Waals surface area contributed by atoms with Crippen LogP contribution in [0, 0.1) is 0 Å². The van der Waals surface area contributed by atoms with Crippen molar-refractivity contribution in [3.63, 3.8) is 0 Å². The zero-order valence-electron chi connectivity index (χ0n) is 8.80. The van der Waals surface area contributed by atoms with Gasteiger partial charge in [-0.3, -0.25) is 4.68 Å². The molecule has 1 saturated heterocycles. The summed E-state index contributed by atoms with van der Waals surface area (Å²) in [6.45, 7) is 0. The molecule has 2 unspecified atom stereocenters. The molecule has 0 saturated carbocycles. The Bertz CT molecular complexity index is 309. The lowest BCUT2D eigenvalue weighted by Crippen LogP contribution is -2.38. The molecule has 0 bridgehead atoms. The maximum absolute atomic E-state index is 6.19. The zero-order valence-corrected chi connectivity index (χ0v) is 10.4. The van der Waals surface area contributed by atoms with Gasteiger partial charge in [0.25, 0.3) is 0 Å². The van der Waals surface area contributed by atoms with Crippen LogP contribution >= 0.6 is 23.5 Å². The second-order valence-corrected chi connectivity index (χ2v) is 6.15. The summed E-state index contributed by atoms with van der Waals surface area (Å²) in [4.78, 5) is 4.21. The molecule has 1 aromatic rings.